The molecule has 0 unspecified atom stereocenters. The topological polar surface area (TPSA) is 75.2 Å². The van der Waals surface area contributed by atoms with Gasteiger partial charge in [-0.05, 0) is 24.6 Å². The molecular weight excluding hydrogens is 344 g/mol. The van der Waals surface area contributed by atoms with Gasteiger partial charge in [0.05, 0.1) is 6.54 Å². The van der Waals surface area contributed by atoms with Gasteiger partial charge in [-0.1, -0.05) is 26.8 Å². The Morgan fingerprint density at radius 3 is 2.56 bits per heavy atom. The molecule has 0 aliphatic carbocycles. The number of carbonyl (C=O) groups is 1. The van der Waals surface area contributed by atoms with Crippen molar-refractivity contribution in [3.05, 3.63) is 23.8 Å². The first-order chi connectivity index (χ1) is 12.8. The van der Waals surface area contributed by atoms with E-state index in [9.17, 15) is 4.79 Å². The summed E-state index contributed by atoms with van der Waals surface area (Å²) < 4.78 is 11.2. The number of nitrogens with one attached hydrogen (secondary N) is 2. The van der Waals surface area contributed by atoms with Crippen LogP contribution in [-0.4, -0.2) is 56.7 Å². The predicted molar refractivity (Wildman–Crippen MR) is 107 cm³/mol. The van der Waals surface area contributed by atoms with Crippen LogP contribution in [0.5, 0.6) is 11.5 Å². The van der Waals surface area contributed by atoms with Crippen LogP contribution < -0.4 is 20.1 Å². The Kier molecular flexibility index (Phi) is 7.33. The predicted octanol–water partition coefficient (Wildman–Crippen LogP) is 2.02. The first-order valence-corrected chi connectivity index (χ1v) is 9.47. The Morgan fingerprint density at radius 2 is 1.89 bits per heavy atom. The number of rotatable bonds is 6. The van der Waals surface area contributed by atoms with Crippen LogP contribution in [0.25, 0.3) is 0 Å². The van der Waals surface area contributed by atoms with E-state index in [0.717, 1.165) is 29.6 Å². The Bertz CT molecular complexity index is 668. The molecule has 27 heavy (non-hydrogen) atoms. The van der Waals surface area contributed by atoms with Gasteiger partial charge in [0.15, 0.2) is 17.5 Å². The van der Waals surface area contributed by atoms with Crippen LogP contribution in [0, 0.1) is 5.41 Å². The first kappa shape index (κ1) is 20.9. The van der Waals surface area contributed by atoms with Gasteiger partial charge in [0, 0.05) is 32.1 Å². The highest BCUT2D eigenvalue weighted by Crippen LogP contribution is 2.31. The summed E-state index contributed by atoms with van der Waals surface area (Å²) in [4.78, 5) is 18.6. The van der Waals surface area contributed by atoms with Gasteiger partial charge in [-0.15, -0.1) is 0 Å². The molecule has 1 aromatic carbocycles. The van der Waals surface area contributed by atoms with Crippen LogP contribution in [0.4, 0.5) is 0 Å². The number of amides is 1. The van der Waals surface area contributed by atoms with Gasteiger partial charge in [-0.3, -0.25) is 9.79 Å². The molecule has 1 aliphatic rings. The third-order valence-electron chi connectivity index (χ3n) is 4.06. The molecule has 0 aromatic heterocycles. The summed E-state index contributed by atoms with van der Waals surface area (Å²) in [5.41, 5.74) is 0.733. The SMILES string of the molecule is CCNC(=NCCNC(=O)C(C)(C)C)N(C)Cc1ccc2c(c1)OCCO2. The summed E-state index contributed by atoms with van der Waals surface area (Å²) in [6.07, 6.45) is 0. The second kappa shape index (κ2) is 9.48. The largest absolute Gasteiger partial charge is 0.486 e. The maximum Gasteiger partial charge on any atom is 0.225 e. The third kappa shape index (κ3) is 6.34. The van der Waals surface area contributed by atoms with E-state index in [4.69, 9.17) is 9.47 Å². The Balaban J connectivity index is 1.93. The fraction of sp³-hybridized carbons (Fsp3) is 0.600. The van der Waals surface area contributed by atoms with Crippen LogP contribution in [0.2, 0.25) is 0 Å². The molecule has 7 nitrogen and oxygen atoms in total. The Morgan fingerprint density at radius 1 is 1.19 bits per heavy atom. The summed E-state index contributed by atoms with van der Waals surface area (Å²) in [7, 11) is 1.99. The van der Waals surface area contributed by atoms with Crippen molar-refractivity contribution in [1.29, 1.82) is 0 Å². The van der Waals surface area contributed by atoms with E-state index in [2.05, 4.69) is 20.5 Å². The average molecular weight is 377 g/mol. The van der Waals surface area contributed by atoms with E-state index < -0.39 is 0 Å². The van der Waals surface area contributed by atoms with Gasteiger partial charge in [-0.25, -0.2) is 0 Å². The summed E-state index contributed by atoms with van der Waals surface area (Å²) in [5, 5.41) is 6.21. The molecule has 0 fully saturated rings. The zero-order chi connectivity index (χ0) is 19.9. The van der Waals surface area contributed by atoms with Gasteiger partial charge < -0.3 is 25.0 Å². The monoisotopic (exact) mass is 376 g/mol. The molecule has 2 rings (SSSR count). The molecule has 0 bridgehead atoms. The van der Waals surface area contributed by atoms with E-state index in [1.807, 2.05) is 52.9 Å². The molecule has 150 valence electrons. The van der Waals surface area contributed by atoms with Crippen LogP contribution >= 0.6 is 0 Å². The molecule has 0 saturated heterocycles. The molecule has 1 aromatic rings. The van der Waals surface area contributed by atoms with Gasteiger partial charge in [-0.2, -0.15) is 0 Å². The number of benzene rings is 1. The van der Waals surface area contributed by atoms with Crippen LogP contribution in [0.15, 0.2) is 23.2 Å². The summed E-state index contributed by atoms with van der Waals surface area (Å²) in [6, 6.07) is 6.00. The minimum absolute atomic E-state index is 0.0346. The maximum absolute atomic E-state index is 11.9. The molecule has 1 aliphatic heterocycles. The standard InChI is InChI=1S/C20H32N4O3/c1-6-21-19(23-10-9-22-18(25)20(2,3)4)24(5)14-15-7-8-16-17(13-15)27-12-11-26-16/h7-8,13H,6,9-12,14H2,1-5H3,(H,21,23)(H,22,25). The zero-order valence-electron chi connectivity index (χ0n) is 17.1. The summed E-state index contributed by atoms with van der Waals surface area (Å²) >= 11 is 0. The van der Waals surface area contributed by atoms with Crippen molar-refractivity contribution in [3.8, 4) is 11.5 Å². The number of fused-ring (bicyclic) bond motifs is 1. The molecule has 0 radical (unpaired) electrons. The summed E-state index contributed by atoms with van der Waals surface area (Å²) in [5.74, 6) is 2.42. The molecule has 1 heterocycles. The normalized spacial score (nSPS) is 13.9. The number of guanidine groups is 1. The fourth-order valence-electron chi connectivity index (χ4n) is 2.60. The van der Waals surface area contributed by atoms with Gasteiger partial charge in [0.1, 0.15) is 13.2 Å². The van der Waals surface area contributed by atoms with E-state index in [-0.39, 0.29) is 11.3 Å². The van der Waals surface area contributed by atoms with Crippen molar-refractivity contribution in [2.45, 2.75) is 34.2 Å². The molecule has 0 spiro atoms. The van der Waals surface area contributed by atoms with Crippen molar-refractivity contribution in [2.24, 2.45) is 10.4 Å². The van der Waals surface area contributed by atoms with E-state index in [1.54, 1.807) is 0 Å². The minimum atomic E-state index is -0.386. The highest BCUT2D eigenvalue weighted by molar-refractivity contribution is 5.81. The van der Waals surface area contributed by atoms with E-state index in [0.29, 0.717) is 32.8 Å². The number of carbonyl (C=O) groups excluding carboxylic acids is 1. The lowest BCUT2D eigenvalue weighted by Crippen LogP contribution is -2.40. The van der Waals surface area contributed by atoms with Crippen molar-refractivity contribution in [2.75, 3.05) is 39.9 Å². The quantitative estimate of drug-likeness (QED) is 0.451. The number of ether oxygens (including phenoxy) is 2. The minimum Gasteiger partial charge on any atom is -0.486 e. The highest BCUT2D eigenvalue weighted by atomic mass is 16.6. The van der Waals surface area contributed by atoms with Gasteiger partial charge in [0.25, 0.3) is 0 Å². The van der Waals surface area contributed by atoms with E-state index >= 15 is 0 Å². The summed E-state index contributed by atoms with van der Waals surface area (Å²) in [6.45, 7) is 11.4. The Hall–Kier alpha value is -2.44. The lowest BCUT2D eigenvalue weighted by atomic mass is 9.96. The lowest BCUT2D eigenvalue weighted by Gasteiger charge is -2.24. The Labute approximate surface area is 162 Å². The maximum atomic E-state index is 11.9. The van der Waals surface area contributed by atoms with Crippen molar-refractivity contribution >= 4 is 11.9 Å². The van der Waals surface area contributed by atoms with Crippen LogP contribution in [0.1, 0.15) is 33.3 Å². The molecular formula is C20H32N4O3. The second-order valence-corrected chi connectivity index (χ2v) is 7.58. The number of hydrogen-bond donors (Lipinski definition) is 2. The second-order valence-electron chi connectivity index (χ2n) is 7.58. The molecule has 0 atom stereocenters. The number of aliphatic imine (C=N–C) groups is 1. The van der Waals surface area contributed by atoms with Gasteiger partial charge in [0.2, 0.25) is 5.91 Å². The van der Waals surface area contributed by atoms with Gasteiger partial charge >= 0.3 is 0 Å². The smallest absolute Gasteiger partial charge is 0.225 e. The molecule has 1 amide bonds. The van der Waals surface area contributed by atoms with Crippen LogP contribution in [0.3, 0.4) is 0 Å². The first-order valence-electron chi connectivity index (χ1n) is 9.47. The molecule has 2 N–H and O–H groups in total. The van der Waals surface area contributed by atoms with Crippen molar-refractivity contribution < 1.29 is 14.3 Å². The number of nitrogens with zero attached hydrogens (tertiary/aromatic N) is 2. The zero-order valence-corrected chi connectivity index (χ0v) is 17.1. The fourth-order valence-corrected chi connectivity index (χ4v) is 2.60. The molecule has 7 heteroatoms. The average Bonchev–Trinajstić information content (AvgIpc) is 2.63. The number of hydrogen-bond acceptors (Lipinski definition) is 4. The van der Waals surface area contributed by atoms with E-state index in [1.165, 1.54) is 0 Å². The molecule has 0 saturated carbocycles. The third-order valence-corrected chi connectivity index (χ3v) is 4.06. The van der Waals surface area contributed by atoms with Crippen LogP contribution in [-0.2, 0) is 11.3 Å². The highest BCUT2D eigenvalue weighted by Gasteiger charge is 2.20. The van der Waals surface area contributed by atoms with Crippen molar-refractivity contribution in [3.63, 3.8) is 0 Å². The lowest BCUT2D eigenvalue weighted by molar-refractivity contribution is -0.128. The van der Waals surface area contributed by atoms with Crippen molar-refractivity contribution in [1.82, 2.24) is 15.5 Å².